The van der Waals surface area contributed by atoms with Crippen molar-refractivity contribution in [2.75, 3.05) is 36.5 Å². The third-order valence-electron chi connectivity index (χ3n) is 5.52. The molecule has 3 aromatic heterocycles. The van der Waals surface area contributed by atoms with Crippen molar-refractivity contribution in [2.24, 2.45) is 0 Å². The zero-order valence-corrected chi connectivity index (χ0v) is 17.8. The number of carbonyl (C=O) groups is 1. The fourth-order valence-electron chi connectivity index (χ4n) is 3.77. The summed E-state index contributed by atoms with van der Waals surface area (Å²) in [5.74, 6) is -0.565. The number of fused-ring (bicyclic) bond motifs is 1. The number of hydrogen-bond donors (Lipinski definition) is 2. The van der Waals surface area contributed by atoms with Gasteiger partial charge in [0.1, 0.15) is 5.69 Å². The van der Waals surface area contributed by atoms with Crippen molar-refractivity contribution in [3.05, 3.63) is 66.4 Å². The Morgan fingerprint density at radius 1 is 1.03 bits per heavy atom. The first-order valence-corrected chi connectivity index (χ1v) is 10.5. The highest BCUT2D eigenvalue weighted by molar-refractivity contribution is 6.11. The van der Waals surface area contributed by atoms with Crippen LogP contribution < -0.4 is 10.2 Å². The van der Waals surface area contributed by atoms with Crippen molar-refractivity contribution >= 4 is 28.2 Å². The Morgan fingerprint density at radius 2 is 1.85 bits per heavy atom. The van der Waals surface area contributed by atoms with E-state index in [0.29, 0.717) is 24.1 Å². The van der Waals surface area contributed by atoms with Gasteiger partial charge in [0.2, 0.25) is 0 Å². The van der Waals surface area contributed by atoms with Crippen molar-refractivity contribution in [2.45, 2.75) is 6.18 Å². The molecular weight excluding hydrogens is 449 g/mol. The van der Waals surface area contributed by atoms with Crippen LogP contribution in [-0.2, 0) is 10.9 Å². The molecule has 5 rings (SSSR count). The standard InChI is InChI=1S/C23H19F3N6O2/c24-23(25,26)20-4-2-16(12-28-20)29-22(33)21-18-10-14(1-3-19(18)30-31-21)15-9-17(13-27-11-15)32-5-7-34-8-6-32/h1-4,9-13H,5-8H2,(H,29,33)(H,30,31). The number of alkyl halides is 3. The maximum atomic E-state index is 12.8. The number of rotatable bonds is 4. The van der Waals surface area contributed by atoms with Gasteiger partial charge in [-0.25, -0.2) is 4.98 Å². The van der Waals surface area contributed by atoms with Gasteiger partial charge >= 0.3 is 6.18 Å². The second-order valence-electron chi connectivity index (χ2n) is 7.75. The highest BCUT2D eigenvalue weighted by Crippen LogP contribution is 2.29. The molecule has 0 atom stereocenters. The molecule has 1 aliphatic heterocycles. The minimum Gasteiger partial charge on any atom is -0.378 e. The lowest BCUT2D eigenvalue weighted by Crippen LogP contribution is -2.36. The van der Waals surface area contributed by atoms with Gasteiger partial charge in [-0.2, -0.15) is 18.3 Å². The molecule has 4 aromatic rings. The van der Waals surface area contributed by atoms with Crippen LogP contribution in [0.4, 0.5) is 24.5 Å². The summed E-state index contributed by atoms with van der Waals surface area (Å²) in [7, 11) is 0. The average molecular weight is 468 g/mol. The van der Waals surface area contributed by atoms with Crippen molar-refractivity contribution < 1.29 is 22.7 Å². The Labute approximate surface area is 191 Å². The van der Waals surface area contributed by atoms with Crippen LogP contribution in [0.15, 0.2) is 55.0 Å². The van der Waals surface area contributed by atoms with Crippen LogP contribution >= 0.6 is 0 Å². The molecule has 0 radical (unpaired) electrons. The van der Waals surface area contributed by atoms with E-state index in [0.717, 1.165) is 48.2 Å². The highest BCUT2D eigenvalue weighted by Gasteiger charge is 2.32. The molecule has 1 fully saturated rings. The lowest BCUT2D eigenvalue weighted by molar-refractivity contribution is -0.141. The van der Waals surface area contributed by atoms with E-state index in [9.17, 15) is 18.0 Å². The summed E-state index contributed by atoms with van der Waals surface area (Å²) in [5, 5.41) is 10.0. The van der Waals surface area contributed by atoms with E-state index >= 15 is 0 Å². The zero-order chi connectivity index (χ0) is 23.7. The second-order valence-corrected chi connectivity index (χ2v) is 7.75. The van der Waals surface area contributed by atoms with Gasteiger partial charge in [0, 0.05) is 30.2 Å². The van der Waals surface area contributed by atoms with Crippen molar-refractivity contribution in [1.29, 1.82) is 0 Å². The number of benzene rings is 1. The smallest absolute Gasteiger partial charge is 0.378 e. The highest BCUT2D eigenvalue weighted by atomic mass is 19.4. The second kappa shape index (κ2) is 8.75. The summed E-state index contributed by atoms with van der Waals surface area (Å²) in [6, 6.07) is 9.55. The fraction of sp³-hybridized carbons (Fsp3) is 0.217. The minimum atomic E-state index is -4.55. The minimum absolute atomic E-state index is 0.119. The Morgan fingerprint density at radius 3 is 2.59 bits per heavy atom. The molecule has 4 heterocycles. The number of halogens is 3. The van der Waals surface area contributed by atoms with Crippen LogP contribution in [0, 0.1) is 0 Å². The van der Waals surface area contributed by atoms with Crippen molar-refractivity contribution in [3.63, 3.8) is 0 Å². The number of aromatic amines is 1. The number of nitrogens with one attached hydrogen (secondary N) is 2. The van der Waals surface area contributed by atoms with Gasteiger partial charge in [-0.15, -0.1) is 0 Å². The number of morpholine rings is 1. The topological polar surface area (TPSA) is 96.0 Å². The summed E-state index contributed by atoms with van der Waals surface area (Å²) in [6.07, 6.45) is -0.0317. The van der Waals surface area contributed by atoms with Gasteiger partial charge in [0.05, 0.1) is 42.5 Å². The summed E-state index contributed by atoms with van der Waals surface area (Å²) in [4.78, 5) is 22.7. The van der Waals surface area contributed by atoms with Crippen LogP contribution in [0.25, 0.3) is 22.0 Å². The number of H-pyrrole nitrogens is 1. The predicted molar refractivity (Wildman–Crippen MR) is 120 cm³/mol. The molecule has 11 heteroatoms. The van der Waals surface area contributed by atoms with E-state index < -0.39 is 17.8 Å². The van der Waals surface area contributed by atoms with Crippen LogP contribution in [0.3, 0.4) is 0 Å². The maximum Gasteiger partial charge on any atom is 0.433 e. The first-order valence-electron chi connectivity index (χ1n) is 10.5. The normalized spacial score (nSPS) is 14.4. The van der Waals surface area contributed by atoms with Gasteiger partial charge in [-0.1, -0.05) is 6.07 Å². The van der Waals surface area contributed by atoms with E-state index in [4.69, 9.17) is 4.74 Å². The van der Waals surface area contributed by atoms with Crippen molar-refractivity contribution in [3.8, 4) is 11.1 Å². The molecule has 1 saturated heterocycles. The Hall–Kier alpha value is -3.99. The Balaban J connectivity index is 1.40. The maximum absolute atomic E-state index is 12.8. The van der Waals surface area contributed by atoms with Gasteiger partial charge in [0.25, 0.3) is 5.91 Å². The van der Waals surface area contributed by atoms with E-state index in [1.165, 1.54) is 0 Å². The zero-order valence-electron chi connectivity index (χ0n) is 17.8. The first kappa shape index (κ1) is 21.8. The third kappa shape index (κ3) is 4.42. The van der Waals surface area contributed by atoms with E-state index in [1.807, 2.05) is 30.5 Å². The monoisotopic (exact) mass is 468 g/mol. The summed E-state index contributed by atoms with van der Waals surface area (Å²) < 4.78 is 43.5. The SMILES string of the molecule is O=C(Nc1ccc(C(F)(F)F)nc1)c1n[nH]c2ccc(-c3cncc(N4CCOCC4)c3)cc12. The summed E-state index contributed by atoms with van der Waals surface area (Å²) in [6.45, 7) is 2.90. The number of anilines is 2. The first-order chi connectivity index (χ1) is 16.4. The third-order valence-corrected chi connectivity index (χ3v) is 5.52. The van der Waals surface area contributed by atoms with Gasteiger partial charge in [-0.05, 0) is 35.9 Å². The van der Waals surface area contributed by atoms with E-state index in [2.05, 4.69) is 30.4 Å². The largest absolute Gasteiger partial charge is 0.433 e. The molecule has 174 valence electrons. The Kier molecular flexibility index (Phi) is 5.62. The number of aromatic nitrogens is 4. The molecular formula is C23H19F3N6O2. The number of ether oxygens (including phenoxy) is 1. The van der Waals surface area contributed by atoms with Crippen LogP contribution in [0.1, 0.15) is 16.2 Å². The van der Waals surface area contributed by atoms with Crippen LogP contribution in [0.5, 0.6) is 0 Å². The number of nitrogens with zero attached hydrogens (tertiary/aromatic N) is 4. The van der Waals surface area contributed by atoms with Crippen molar-refractivity contribution in [1.82, 2.24) is 20.2 Å². The molecule has 1 aromatic carbocycles. The van der Waals surface area contributed by atoms with Gasteiger partial charge in [-0.3, -0.25) is 14.9 Å². The number of carbonyl (C=O) groups excluding carboxylic acids is 1. The predicted octanol–water partition coefficient (Wildman–Crippen LogP) is 4.13. The molecule has 1 amide bonds. The quantitative estimate of drug-likeness (QED) is 0.468. The molecule has 0 aliphatic carbocycles. The molecule has 0 unspecified atom stereocenters. The molecule has 2 N–H and O–H groups in total. The molecule has 1 aliphatic rings. The van der Waals surface area contributed by atoms with Crippen LogP contribution in [-0.4, -0.2) is 52.4 Å². The molecule has 0 saturated carbocycles. The number of amides is 1. The lowest BCUT2D eigenvalue weighted by Gasteiger charge is -2.28. The van der Waals surface area contributed by atoms with Gasteiger partial charge < -0.3 is 15.0 Å². The van der Waals surface area contributed by atoms with E-state index in [-0.39, 0.29) is 11.4 Å². The average Bonchev–Trinajstić information content (AvgIpc) is 3.28. The lowest BCUT2D eigenvalue weighted by atomic mass is 10.0. The van der Waals surface area contributed by atoms with Gasteiger partial charge in [0.15, 0.2) is 5.69 Å². The fourth-order valence-corrected chi connectivity index (χ4v) is 3.77. The molecule has 0 spiro atoms. The molecule has 8 nitrogen and oxygen atoms in total. The van der Waals surface area contributed by atoms with E-state index in [1.54, 1.807) is 6.20 Å². The van der Waals surface area contributed by atoms with Crippen LogP contribution in [0.2, 0.25) is 0 Å². The Bertz CT molecular complexity index is 1330. The number of pyridine rings is 2. The summed E-state index contributed by atoms with van der Waals surface area (Å²) in [5.41, 5.74) is 2.58. The molecule has 34 heavy (non-hydrogen) atoms. The summed E-state index contributed by atoms with van der Waals surface area (Å²) >= 11 is 0. The number of hydrogen-bond acceptors (Lipinski definition) is 6. The molecule has 0 bridgehead atoms.